The summed E-state index contributed by atoms with van der Waals surface area (Å²) in [5.41, 5.74) is 8.71. The summed E-state index contributed by atoms with van der Waals surface area (Å²) in [5.74, 6) is -0.779. The molecule has 1 fully saturated rings. The Balaban J connectivity index is 1.61. The van der Waals surface area contributed by atoms with Crippen LogP contribution in [0, 0.1) is 0 Å². The van der Waals surface area contributed by atoms with Crippen molar-refractivity contribution in [3.8, 4) is 5.69 Å². The minimum Gasteiger partial charge on any atom is -0.377 e. The fourth-order valence-electron chi connectivity index (χ4n) is 3.18. The standard InChI is InChI=1S/C19H18N4O3/c20-18(24)17-11-26-10-9-22(17)19(25)13-5-7-14(8-6-13)23-12-21-15-3-1-2-4-16(15)23/h1-8,12,17H,9-11H2,(H2,20,24). The summed E-state index contributed by atoms with van der Waals surface area (Å²) in [6.45, 7) is 0.884. The molecule has 3 aromatic rings. The second-order valence-electron chi connectivity index (χ2n) is 6.14. The van der Waals surface area contributed by atoms with Gasteiger partial charge in [0.05, 0.1) is 24.2 Å². The van der Waals surface area contributed by atoms with Crippen LogP contribution in [0.3, 0.4) is 0 Å². The molecule has 2 amide bonds. The lowest BCUT2D eigenvalue weighted by Gasteiger charge is -2.33. The third kappa shape index (κ3) is 2.82. The third-order valence-electron chi connectivity index (χ3n) is 4.56. The molecule has 1 aromatic heterocycles. The minimum atomic E-state index is -0.728. The monoisotopic (exact) mass is 350 g/mol. The predicted octanol–water partition coefficient (Wildman–Crippen LogP) is 1.35. The first-order valence-corrected chi connectivity index (χ1v) is 8.36. The lowest BCUT2D eigenvalue weighted by molar-refractivity contribution is -0.127. The average molecular weight is 350 g/mol. The van der Waals surface area contributed by atoms with Crippen molar-refractivity contribution in [2.75, 3.05) is 19.8 Å². The SMILES string of the molecule is NC(=O)C1COCCN1C(=O)c1ccc(-n2cnc3ccccc32)cc1. The molecule has 0 radical (unpaired) electrons. The third-order valence-corrected chi connectivity index (χ3v) is 4.56. The Morgan fingerprint density at radius 1 is 1.12 bits per heavy atom. The van der Waals surface area contributed by atoms with E-state index < -0.39 is 11.9 Å². The lowest BCUT2D eigenvalue weighted by atomic mass is 10.1. The van der Waals surface area contributed by atoms with E-state index >= 15 is 0 Å². The average Bonchev–Trinajstić information content (AvgIpc) is 3.11. The number of hydrogen-bond acceptors (Lipinski definition) is 4. The first-order valence-electron chi connectivity index (χ1n) is 8.36. The minimum absolute atomic E-state index is 0.139. The van der Waals surface area contributed by atoms with Crippen LogP contribution in [-0.2, 0) is 9.53 Å². The summed E-state index contributed by atoms with van der Waals surface area (Å²) in [5, 5.41) is 0. The largest absolute Gasteiger partial charge is 0.377 e. The van der Waals surface area contributed by atoms with Crippen LogP contribution in [0.4, 0.5) is 0 Å². The van der Waals surface area contributed by atoms with E-state index in [4.69, 9.17) is 10.5 Å². The van der Waals surface area contributed by atoms with Gasteiger partial charge in [0.1, 0.15) is 12.4 Å². The number of nitrogens with two attached hydrogens (primary N) is 1. The molecular formula is C19H18N4O3. The molecule has 0 spiro atoms. The molecule has 0 bridgehead atoms. The Morgan fingerprint density at radius 3 is 2.65 bits per heavy atom. The number of hydrogen-bond donors (Lipinski definition) is 1. The van der Waals surface area contributed by atoms with Gasteiger partial charge >= 0.3 is 0 Å². The Hall–Kier alpha value is -3.19. The number of amides is 2. The number of para-hydroxylation sites is 2. The molecule has 1 unspecified atom stereocenters. The first-order chi connectivity index (χ1) is 12.6. The summed E-state index contributed by atoms with van der Waals surface area (Å²) in [4.78, 5) is 30.2. The summed E-state index contributed by atoms with van der Waals surface area (Å²) in [6.07, 6.45) is 1.76. The van der Waals surface area contributed by atoms with E-state index in [1.807, 2.05) is 41.0 Å². The molecule has 7 heteroatoms. The van der Waals surface area contributed by atoms with Crippen molar-refractivity contribution in [2.45, 2.75) is 6.04 Å². The van der Waals surface area contributed by atoms with Crippen LogP contribution in [0.1, 0.15) is 10.4 Å². The van der Waals surface area contributed by atoms with E-state index in [1.54, 1.807) is 18.5 Å². The fourth-order valence-corrected chi connectivity index (χ4v) is 3.18. The van der Waals surface area contributed by atoms with Gasteiger partial charge in [0.15, 0.2) is 0 Å². The molecule has 1 aliphatic rings. The van der Waals surface area contributed by atoms with Crippen LogP contribution < -0.4 is 5.73 Å². The fraction of sp³-hybridized carbons (Fsp3) is 0.211. The van der Waals surface area contributed by atoms with Crippen molar-refractivity contribution in [1.82, 2.24) is 14.5 Å². The zero-order valence-electron chi connectivity index (χ0n) is 14.0. The second kappa shape index (κ2) is 6.61. The van der Waals surface area contributed by atoms with E-state index in [1.165, 1.54) is 4.90 Å². The lowest BCUT2D eigenvalue weighted by Crippen LogP contribution is -2.54. The van der Waals surface area contributed by atoms with Crippen LogP contribution >= 0.6 is 0 Å². The van der Waals surface area contributed by atoms with Crippen LogP contribution in [0.25, 0.3) is 16.7 Å². The van der Waals surface area contributed by atoms with Gasteiger partial charge in [-0.2, -0.15) is 0 Å². The van der Waals surface area contributed by atoms with Crippen LogP contribution in [0.2, 0.25) is 0 Å². The van der Waals surface area contributed by atoms with Gasteiger partial charge in [-0.3, -0.25) is 14.2 Å². The smallest absolute Gasteiger partial charge is 0.254 e. The highest BCUT2D eigenvalue weighted by Gasteiger charge is 2.31. The maximum absolute atomic E-state index is 12.8. The number of rotatable bonds is 3. The zero-order chi connectivity index (χ0) is 18.1. The number of benzene rings is 2. The number of aromatic nitrogens is 2. The summed E-state index contributed by atoms with van der Waals surface area (Å²) < 4.78 is 7.23. The molecule has 7 nitrogen and oxygen atoms in total. The Labute approximate surface area is 150 Å². The van der Waals surface area contributed by atoms with Crippen molar-refractivity contribution in [3.05, 3.63) is 60.4 Å². The van der Waals surface area contributed by atoms with E-state index in [0.29, 0.717) is 18.7 Å². The van der Waals surface area contributed by atoms with Gasteiger partial charge in [0.2, 0.25) is 5.91 Å². The molecule has 1 atom stereocenters. The second-order valence-corrected chi connectivity index (χ2v) is 6.14. The molecular weight excluding hydrogens is 332 g/mol. The van der Waals surface area contributed by atoms with Crippen molar-refractivity contribution in [2.24, 2.45) is 5.73 Å². The molecule has 26 heavy (non-hydrogen) atoms. The van der Waals surface area contributed by atoms with Crippen molar-refractivity contribution in [3.63, 3.8) is 0 Å². The molecule has 0 saturated carbocycles. The molecule has 2 N–H and O–H groups in total. The van der Waals surface area contributed by atoms with Gasteiger partial charge in [0, 0.05) is 17.8 Å². The number of ether oxygens (including phenoxy) is 1. The molecule has 0 aliphatic carbocycles. The van der Waals surface area contributed by atoms with Gasteiger partial charge < -0.3 is 15.4 Å². The van der Waals surface area contributed by atoms with Crippen molar-refractivity contribution in [1.29, 1.82) is 0 Å². The number of carbonyl (C=O) groups is 2. The first kappa shape index (κ1) is 16.3. The van der Waals surface area contributed by atoms with Crippen LogP contribution in [0.5, 0.6) is 0 Å². The van der Waals surface area contributed by atoms with Crippen molar-refractivity contribution >= 4 is 22.8 Å². The molecule has 1 aliphatic heterocycles. The number of carbonyl (C=O) groups excluding carboxylic acids is 2. The Kier molecular flexibility index (Phi) is 4.14. The maximum atomic E-state index is 12.8. The van der Waals surface area contributed by atoms with E-state index in [9.17, 15) is 9.59 Å². The molecule has 2 heterocycles. The molecule has 132 valence electrons. The van der Waals surface area contributed by atoms with Gasteiger partial charge in [-0.1, -0.05) is 12.1 Å². The van der Waals surface area contributed by atoms with Gasteiger partial charge in [-0.05, 0) is 36.4 Å². The van der Waals surface area contributed by atoms with E-state index in [-0.39, 0.29) is 12.5 Å². The highest BCUT2D eigenvalue weighted by Crippen LogP contribution is 2.19. The number of imidazole rings is 1. The van der Waals surface area contributed by atoms with E-state index in [0.717, 1.165) is 16.7 Å². The zero-order valence-corrected chi connectivity index (χ0v) is 14.0. The molecule has 4 rings (SSSR count). The highest BCUT2D eigenvalue weighted by molar-refractivity contribution is 5.97. The van der Waals surface area contributed by atoms with Gasteiger partial charge in [-0.15, -0.1) is 0 Å². The predicted molar refractivity (Wildman–Crippen MR) is 95.9 cm³/mol. The number of fused-ring (bicyclic) bond motifs is 1. The quantitative estimate of drug-likeness (QED) is 0.772. The van der Waals surface area contributed by atoms with Crippen molar-refractivity contribution < 1.29 is 14.3 Å². The van der Waals surface area contributed by atoms with Crippen LogP contribution in [0.15, 0.2) is 54.9 Å². The van der Waals surface area contributed by atoms with Gasteiger partial charge in [-0.25, -0.2) is 4.98 Å². The Bertz CT molecular complexity index is 964. The highest BCUT2D eigenvalue weighted by atomic mass is 16.5. The number of nitrogens with zero attached hydrogens (tertiary/aromatic N) is 3. The number of morpholine rings is 1. The topological polar surface area (TPSA) is 90.5 Å². The van der Waals surface area contributed by atoms with Crippen LogP contribution in [-0.4, -0.2) is 52.1 Å². The molecule has 2 aromatic carbocycles. The summed E-state index contributed by atoms with van der Waals surface area (Å²) in [7, 11) is 0. The molecule has 1 saturated heterocycles. The summed E-state index contributed by atoms with van der Waals surface area (Å²) in [6, 6.07) is 14.3. The van der Waals surface area contributed by atoms with Gasteiger partial charge in [0.25, 0.3) is 5.91 Å². The Morgan fingerprint density at radius 2 is 1.88 bits per heavy atom. The summed E-state index contributed by atoms with van der Waals surface area (Å²) >= 11 is 0. The maximum Gasteiger partial charge on any atom is 0.254 e. The van der Waals surface area contributed by atoms with E-state index in [2.05, 4.69) is 4.98 Å². The number of primary amides is 1. The normalized spacial score (nSPS) is 17.4.